The van der Waals surface area contributed by atoms with Crippen LogP contribution >= 0.6 is 11.3 Å². The molecule has 1 N–H and O–H groups in total. The van der Waals surface area contributed by atoms with Crippen LogP contribution in [0.4, 0.5) is 5.13 Å². The third-order valence-corrected chi connectivity index (χ3v) is 7.64. The van der Waals surface area contributed by atoms with E-state index in [4.69, 9.17) is 18.9 Å². The number of aryl methyl sites for hydroxylation is 1. The van der Waals surface area contributed by atoms with E-state index in [-0.39, 0.29) is 21.3 Å². The lowest BCUT2D eigenvalue weighted by molar-refractivity contribution is -0.132. The van der Waals surface area contributed by atoms with Gasteiger partial charge in [-0.2, -0.15) is 0 Å². The lowest BCUT2D eigenvalue weighted by Gasteiger charge is -2.24. The second kappa shape index (κ2) is 12.9. The number of Topliss-reactive ketones (excluding diaryl/α,β-unsaturated/α-hetero) is 1. The number of esters is 1. The number of benzene rings is 2. The van der Waals surface area contributed by atoms with Gasteiger partial charge in [-0.15, -0.1) is 0 Å². The van der Waals surface area contributed by atoms with E-state index in [0.717, 1.165) is 24.2 Å². The fraction of sp³-hybridized carbons (Fsp3) is 0.333. The molecule has 0 bridgehead atoms. The summed E-state index contributed by atoms with van der Waals surface area (Å²) >= 11 is 0.926. The number of nitrogens with zero attached hydrogens (tertiary/aromatic N) is 2. The number of carbonyl (C=O) groups excluding carboxylic acids is 3. The zero-order valence-electron chi connectivity index (χ0n) is 23.6. The fourth-order valence-corrected chi connectivity index (χ4v) is 5.45. The molecule has 1 aliphatic heterocycles. The number of ether oxygens (including phenoxy) is 4. The highest BCUT2D eigenvalue weighted by atomic mass is 32.1. The van der Waals surface area contributed by atoms with Crippen LogP contribution in [0.3, 0.4) is 0 Å². The van der Waals surface area contributed by atoms with Crippen molar-refractivity contribution in [1.82, 2.24) is 4.98 Å². The standard InChI is InChI=1S/C30H32N2O8S/c1-6-8-15-40-20-12-9-18(10-13-20)25(33)23-24(19-11-14-21(39-7-2)22(16-19)37-4)32(28(35)26(23)34)30-31-17(3)27(41-30)29(36)38-5/h9-14,16,24,33H,6-8,15H2,1-5H3/t24-/m1/s1. The molecular weight excluding hydrogens is 548 g/mol. The fourth-order valence-electron chi connectivity index (χ4n) is 4.44. The minimum absolute atomic E-state index is 0.113. The maximum atomic E-state index is 13.5. The monoisotopic (exact) mass is 580 g/mol. The van der Waals surface area contributed by atoms with Gasteiger partial charge in [0.15, 0.2) is 16.6 Å². The van der Waals surface area contributed by atoms with Gasteiger partial charge < -0.3 is 24.1 Å². The second-order valence-corrected chi connectivity index (χ2v) is 10.1. The number of anilines is 1. The van der Waals surface area contributed by atoms with Crippen molar-refractivity contribution in [2.45, 2.75) is 39.7 Å². The Bertz CT molecular complexity index is 1480. The third kappa shape index (κ3) is 5.90. The SMILES string of the molecule is CCCCOc1ccc(C(O)=C2C(=O)C(=O)N(c3nc(C)c(C(=O)OC)s3)[C@@H]2c2ccc(OCC)c(OC)c2)cc1. The van der Waals surface area contributed by atoms with Crippen LogP contribution in [0.15, 0.2) is 48.0 Å². The van der Waals surface area contributed by atoms with Crippen LogP contribution in [0.5, 0.6) is 17.2 Å². The van der Waals surface area contributed by atoms with Gasteiger partial charge in [-0.1, -0.05) is 30.7 Å². The van der Waals surface area contributed by atoms with Gasteiger partial charge in [-0.3, -0.25) is 14.5 Å². The van der Waals surface area contributed by atoms with Crippen LogP contribution in [-0.4, -0.2) is 55.2 Å². The zero-order chi connectivity index (χ0) is 29.7. The van der Waals surface area contributed by atoms with Crippen molar-refractivity contribution in [3.63, 3.8) is 0 Å². The zero-order valence-corrected chi connectivity index (χ0v) is 24.4. The summed E-state index contributed by atoms with van der Waals surface area (Å²) in [5.74, 6) is -1.27. The van der Waals surface area contributed by atoms with Crippen molar-refractivity contribution in [1.29, 1.82) is 0 Å². The Balaban J connectivity index is 1.87. The highest BCUT2D eigenvalue weighted by Crippen LogP contribution is 2.45. The average Bonchev–Trinajstić information content (AvgIpc) is 3.49. The molecule has 0 radical (unpaired) electrons. The van der Waals surface area contributed by atoms with E-state index >= 15 is 0 Å². The summed E-state index contributed by atoms with van der Waals surface area (Å²) in [7, 11) is 2.73. The molecule has 0 saturated carbocycles. The van der Waals surface area contributed by atoms with Crippen molar-refractivity contribution in [2.75, 3.05) is 32.3 Å². The van der Waals surface area contributed by atoms with Gasteiger partial charge in [0.2, 0.25) is 0 Å². The summed E-state index contributed by atoms with van der Waals surface area (Å²) < 4.78 is 21.7. The molecule has 3 aromatic rings. The number of hydrogen-bond acceptors (Lipinski definition) is 10. The first-order valence-corrected chi connectivity index (χ1v) is 14.0. The predicted molar refractivity (Wildman–Crippen MR) is 154 cm³/mol. The lowest BCUT2D eigenvalue weighted by atomic mass is 9.95. The number of methoxy groups -OCH3 is 2. The van der Waals surface area contributed by atoms with E-state index in [9.17, 15) is 19.5 Å². The third-order valence-electron chi connectivity index (χ3n) is 6.50. The Kier molecular flexibility index (Phi) is 9.28. The normalized spacial score (nSPS) is 16.1. The smallest absolute Gasteiger partial charge is 0.350 e. The molecule has 2 aromatic carbocycles. The average molecular weight is 581 g/mol. The number of amides is 1. The van der Waals surface area contributed by atoms with E-state index in [1.54, 1.807) is 49.4 Å². The summed E-state index contributed by atoms with van der Waals surface area (Å²) in [5.41, 5.74) is 1.02. The number of aromatic nitrogens is 1. The van der Waals surface area contributed by atoms with E-state index in [2.05, 4.69) is 11.9 Å². The van der Waals surface area contributed by atoms with E-state index in [0.29, 0.717) is 47.3 Å². The molecule has 1 amide bonds. The van der Waals surface area contributed by atoms with E-state index in [1.807, 2.05) is 6.92 Å². The number of ketones is 1. The molecule has 0 unspecified atom stereocenters. The molecule has 1 saturated heterocycles. The highest BCUT2D eigenvalue weighted by Gasteiger charge is 2.48. The second-order valence-electron chi connectivity index (χ2n) is 9.14. The largest absolute Gasteiger partial charge is 0.507 e. The first-order valence-electron chi connectivity index (χ1n) is 13.2. The van der Waals surface area contributed by atoms with Crippen LogP contribution in [0, 0.1) is 6.92 Å². The van der Waals surface area contributed by atoms with Gasteiger partial charge in [0.05, 0.1) is 44.7 Å². The number of unbranched alkanes of at least 4 members (excludes halogenated alkanes) is 1. The molecule has 1 fully saturated rings. The topological polar surface area (TPSA) is 124 Å². The van der Waals surface area contributed by atoms with Gasteiger partial charge in [-0.25, -0.2) is 9.78 Å². The Morgan fingerprint density at radius 3 is 2.41 bits per heavy atom. The van der Waals surface area contributed by atoms with Crippen molar-refractivity contribution >= 4 is 39.9 Å². The summed E-state index contributed by atoms with van der Waals surface area (Å²) in [4.78, 5) is 45.2. The maximum absolute atomic E-state index is 13.5. The lowest BCUT2D eigenvalue weighted by Crippen LogP contribution is -2.29. The molecule has 1 atom stereocenters. The Morgan fingerprint density at radius 1 is 1.05 bits per heavy atom. The van der Waals surface area contributed by atoms with Crippen LogP contribution in [0.25, 0.3) is 5.76 Å². The first kappa shape index (κ1) is 29.6. The molecule has 216 valence electrons. The molecule has 41 heavy (non-hydrogen) atoms. The van der Waals surface area contributed by atoms with Gasteiger partial charge in [-0.05, 0) is 62.2 Å². The summed E-state index contributed by atoms with van der Waals surface area (Å²) in [6.07, 6.45) is 1.90. The molecule has 1 aromatic heterocycles. The number of aliphatic hydroxyl groups is 1. The van der Waals surface area contributed by atoms with Gasteiger partial charge >= 0.3 is 11.9 Å². The number of hydrogen-bond donors (Lipinski definition) is 1. The molecule has 1 aliphatic rings. The summed E-state index contributed by atoms with van der Waals surface area (Å²) in [6, 6.07) is 10.6. The Hall–Kier alpha value is -4.38. The van der Waals surface area contributed by atoms with Crippen LogP contribution in [0.2, 0.25) is 0 Å². The van der Waals surface area contributed by atoms with Crippen molar-refractivity contribution in [3.8, 4) is 17.2 Å². The number of rotatable bonds is 11. The molecule has 10 nitrogen and oxygen atoms in total. The summed E-state index contributed by atoms with van der Waals surface area (Å²) in [5, 5.41) is 11.6. The van der Waals surface area contributed by atoms with Crippen molar-refractivity contribution in [2.24, 2.45) is 0 Å². The molecular formula is C30H32N2O8S. The highest BCUT2D eigenvalue weighted by molar-refractivity contribution is 7.17. The minimum Gasteiger partial charge on any atom is -0.507 e. The van der Waals surface area contributed by atoms with Gasteiger partial charge in [0, 0.05) is 5.56 Å². The van der Waals surface area contributed by atoms with Crippen LogP contribution < -0.4 is 19.1 Å². The quantitative estimate of drug-likeness (QED) is 0.104. The molecule has 0 aliphatic carbocycles. The van der Waals surface area contributed by atoms with E-state index < -0.39 is 23.7 Å². The number of carbonyl (C=O) groups is 3. The number of thiazole rings is 1. The molecule has 0 spiro atoms. The van der Waals surface area contributed by atoms with Crippen LogP contribution in [0.1, 0.15) is 59.2 Å². The van der Waals surface area contributed by atoms with E-state index in [1.165, 1.54) is 19.1 Å². The van der Waals surface area contributed by atoms with Gasteiger partial charge in [0.25, 0.3) is 5.78 Å². The van der Waals surface area contributed by atoms with Crippen molar-refractivity contribution < 1.29 is 38.4 Å². The maximum Gasteiger partial charge on any atom is 0.350 e. The minimum atomic E-state index is -1.07. The Labute approximate surface area is 242 Å². The first-order chi connectivity index (χ1) is 19.7. The predicted octanol–water partition coefficient (Wildman–Crippen LogP) is 5.45. The molecule has 4 rings (SSSR count). The van der Waals surface area contributed by atoms with Crippen LogP contribution in [-0.2, 0) is 14.3 Å². The van der Waals surface area contributed by atoms with Gasteiger partial charge in [0.1, 0.15) is 16.4 Å². The van der Waals surface area contributed by atoms with Crippen molar-refractivity contribution in [3.05, 3.63) is 69.7 Å². The summed E-state index contributed by atoms with van der Waals surface area (Å²) in [6.45, 7) is 6.49. The molecule has 11 heteroatoms. The number of aliphatic hydroxyl groups excluding tert-OH is 1. The molecule has 2 heterocycles. The Morgan fingerprint density at radius 2 is 1.78 bits per heavy atom.